The predicted octanol–water partition coefficient (Wildman–Crippen LogP) is 8.44. The average Bonchev–Trinajstić information content (AvgIpc) is 2.96. The molecule has 0 heterocycles. The number of unbranched alkanes of at least 4 members (excludes halogenated alkanes) is 1. The quantitative estimate of drug-likeness (QED) is 0.115. The molecule has 4 aromatic rings. The smallest absolute Gasteiger partial charge is 0.334 e. The van der Waals surface area contributed by atoms with Crippen LogP contribution in [0.1, 0.15) is 62.3 Å². The third-order valence-corrected chi connectivity index (χ3v) is 7.12. The first kappa shape index (κ1) is 28.0. The van der Waals surface area contributed by atoms with Gasteiger partial charge in [0.25, 0.3) is 0 Å². The van der Waals surface area contributed by atoms with Crippen molar-refractivity contribution < 1.29 is 19.4 Å². The molecule has 4 nitrogen and oxygen atoms in total. The number of carbonyl (C=O) groups excluding carboxylic acids is 1. The molecule has 0 aliphatic heterocycles. The molecule has 0 saturated heterocycles. The summed E-state index contributed by atoms with van der Waals surface area (Å²) in [5, 5.41) is 12.2. The Morgan fingerprint density at radius 3 is 2.33 bits per heavy atom. The summed E-state index contributed by atoms with van der Waals surface area (Å²) >= 11 is 0. The normalized spacial score (nSPS) is 11.8. The first-order valence-electron chi connectivity index (χ1n) is 13.9. The number of rotatable bonds is 12. The number of fused-ring (bicyclic) bond motifs is 1. The van der Waals surface area contributed by atoms with Gasteiger partial charge < -0.3 is 14.6 Å². The summed E-state index contributed by atoms with van der Waals surface area (Å²) in [5.74, 6) is 0.842. The molecule has 4 rings (SSSR count). The predicted molar refractivity (Wildman–Crippen MR) is 159 cm³/mol. The highest BCUT2D eigenvalue weighted by molar-refractivity contribution is 5.99. The maximum Gasteiger partial charge on any atom is 0.334 e. The van der Waals surface area contributed by atoms with Gasteiger partial charge in [0.15, 0.2) is 0 Å². The molecule has 1 N–H and O–H groups in total. The third kappa shape index (κ3) is 7.29. The fourth-order valence-corrected chi connectivity index (χ4v) is 4.89. The number of hydrogen-bond acceptors (Lipinski definition) is 4. The molecule has 0 spiro atoms. The molecular formula is C35H38O4. The summed E-state index contributed by atoms with van der Waals surface area (Å²) in [4.78, 5) is 12.8. The van der Waals surface area contributed by atoms with E-state index in [1.165, 1.54) is 11.1 Å². The van der Waals surface area contributed by atoms with Gasteiger partial charge in [0, 0.05) is 5.57 Å². The van der Waals surface area contributed by atoms with Crippen LogP contribution < -0.4 is 4.74 Å². The fraction of sp³-hybridized carbons (Fsp3) is 0.286. The van der Waals surface area contributed by atoms with Gasteiger partial charge in [0.2, 0.25) is 0 Å². The minimum atomic E-state index is -0.247. The zero-order valence-electron chi connectivity index (χ0n) is 23.2. The van der Waals surface area contributed by atoms with Crippen LogP contribution in [0.5, 0.6) is 11.5 Å². The lowest BCUT2D eigenvalue weighted by molar-refractivity contribution is -0.139. The van der Waals surface area contributed by atoms with E-state index in [2.05, 4.69) is 44.2 Å². The number of ether oxygens (including phenoxy) is 2. The summed E-state index contributed by atoms with van der Waals surface area (Å²) in [6.45, 7) is 7.01. The average molecular weight is 523 g/mol. The van der Waals surface area contributed by atoms with E-state index in [-0.39, 0.29) is 11.7 Å². The maximum absolute atomic E-state index is 12.8. The van der Waals surface area contributed by atoms with Crippen LogP contribution in [-0.4, -0.2) is 17.7 Å². The van der Waals surface area contributed by atoms with E-state index in [0.717, 1.165) is 65.3 Å². The Hall–Kier alpha value is -4.05. The zero-order chi connectivity index (χ0) is 27.6. The Labute approximate surface area is 231 Å². The number of phenolic OH excluding ortho intramolecular Hbond substituents is 1. The van der Waals surface area contributed by atoms with Crippen molar-refractivity contribution in [1.82, 2.24) is 0 Å². The summed E-state index contributed by atoms with van der Waals surface area (Å²) < 4.78 is 11.5. The lowest BCUT2D eigenvalue weighted by Crippen LogP contribution is -2.10. The van der Waals surface area contributed by atoms with E-state index >= 15 is 0 Å². The van der Waals surface area contributed by atoms with Crippen LogP contribution in [0.3, 0.4) is 0 Å². The molecule has 4 aromatic carbocycles. The number of carbonyl (C=O) groups is 1. The van der Waals surface area contributed by atoms with Gasteiger partial charge in [-0.2, -0.15) is 0 Å². The highest BCUT2D eigenvalue weighted by Crippen LogP contribution is 2.34. The van der Waals surface area contributed by atoms with Gasteiger partial charge in [-0.05, 0) is 95.5 Å². The third-order valence-electron chi connectivity index (χ3n) is 7.12. The van der Waals surface area contributed by atoms with Gasteiger partial charge in [-0.1, -0.05) is 80.9 Å². The van der Waals surface area contributed by atoms with Crippen LogP contribution in [0.4, 0.5) is 0 Å². The lowest BCUT2D eigenvalue weighted by atomic mass is 9.87. The molecule has 0 radical (unpaired) electrons. The minimum absolute atomic E-state index is 0.245. The summed E-state index contributed by atoms with van der Waals surface area (Å²) in [6.07, 6.45) is 4.20. The molecule has 0 aliphatic carbocycles. The van der Waals surface area contributed by atoms with Crippen molar-refractivity contribution in [2.24, 2.45) is 0 Å². The van der Waals surface area contributed by atoms with E-state index in [0.29, 0.717) is 18.8 Å². The molecule has 0 saturated carbocycles. The van der Waals surface area contributed by atoms with Crippen molar-refractivity contribution in [1.29, 1.82) is 0 Å². The van der Waals surface area contributed by atoms with Gasteiger partial charge in [0.05, 0.1) is 6.61 Å². The number of hydrogen-bond donors (Lipinski definition) is 1. The van der Waals surface area contributed by atoms with E-state index in [1.807, 2.05) is 49.4 Å². The number of phenols is 1. The molecule has 0 fully saturated rings. The second-order valence-corrected chi connectivity index (χ2v) is 9.86. The van der Waals surface area contributed by atoms with Crippen molar-refractivity contribution in [2.45, 2.75) is 59.5 Å². The van der Waals surface area contributed by atoms with Crippen LogP contribution >= 0.6 is 0 Å². The van der Waals surface area contributed by atoms with E-state index < -0.39 is 0 Å². The second kappa shape index (κ2) is 13.7. The summed E-state index contributed by atoms with van der Waals surface area (Å²) in [5.41, 5.74) is 6.26. The van der Waals surface area contributed by atoms with Crippen molar-refractivity contribution in [3.63, 3.8) is 0 Å². The fourth-order valence-electron chi connectivity index (χ4n) is 4.89. The van der Waals surface area contributed by atoms with Crippen LogP contribution in [0.25, 0.3) is 16.3 Å². The summed E-state index contributed by atoms with van der Waals surface area (Å²) in [7, 11) is 0. The van der Waals surface area contributed by atoms with Crippen molar-refractivity contribution in [3.8, 4) is 11.5 Å². The van der Waals surface area contributed by atoms with E-state index in [9.17, 15) is 9.90 Å². The molecule has 0 amide bonds. The number of aryl methyl sites for hydroxylation is 2. The Bertz CT molecular complexity index is 1420. The number of allylic oxidation sites excluding steroid dienone is 1. The van der Waals surface area contributed by atoms with Crippen LogP contribution in [-0.2, 0) is 29.0 Å². The largest absolute Gasteiger partial charge is 0.508 e. The van der Waals surface area contributed by atoms with E-state index in [1.54, 1.807) is 12.1 Å². The van der Waals surface area contributed by atoms with Gasteiger partial charge in [-0.15, -0.1) is 0 Å². The number of aromatic hydroxyl groups is 1. The number of benzene rings is 4. The van der Waals surface area contributed by atoms with Crippen LogP contribution in [0.2, 0.25) is 0 Å². The monoisotopic (exact) mass is 522 g/mol. The van der Waals surface area contributed by atoms with Crippen LogP contribution in [0.15, 0.2) is 90.5 Å². The molecular weight excluding hydrogens is 484 g/mol. The molecule has 0 aromatic heterocycles. The first-order chi connectivity index (χ1) is 19.0. The zero-order valence-corrected chi connectivity index (χ0v) is 23.2. The number of esters is 1. The Kier molecular flexibility index (Phi) is 9.80. The first-order valence-corrected chi connectivity index (χ1v) is 13.9. The highest BCUT2D eigenvalue weighted by atomic mass is 16.5. The SMILES string of the molecule is CCCCOC(=O)/C(C)=C(\CC)c1ccc2cc(O)ccc2c1CCc1ccc(OCc2ccccc2)cc1. The molecule has 4 heteroatoms. The van der Waals surface area contributed by atoms with Gasteiger partial charge in [-0.3, -0.25) is 0 Å². The van der Waals surface area contributed by atoms with Crippen molar-refractivity contribution in [3.05, 3.63) is 113 Å². The second-order valence-electron chi connectivity index (χ2n) is 9.86. The molecule has 202 valence electrons. The standard InChI is InChI=1S/C35H38O4/c1-4-6-22-38-35(37)25(3)31(5-2)33-20-15-28-23-29(36)16-21-32(28)34(33)19-14-26-12-17-30(18-13-26)39-24-27-10-8-7-9-11-27/h7-13,15-18,20-21,23,36H,4-6,14,19,22,24H2,1-3H3/b31-25+. The lowest BCUT2D eigenvalue weighted by Gasteiger charge is -2.18. The molecule has 0 atom stereocenters. The van der Waals surface area contributed by atoms with Crippen molar-refractivity contribution >= 4 is 22.3 Å². The van der Waals surface area contributed by atoms with Gasteiger partial charge >= 0.3 is 5.97 Å². The van der Waals surface area contributed by atoms with Crippen molar-refractivity contribution in [2.75, 3.05) is 6.61 Å². The van der Waals surface area contributed by atoms with Crippen LogP contribution in [0, 0.1) is 0 Å². The van der Waals surface area contributed by atoms with E-state index in [4.69, 9.17) is 9.47 Å². The molecule has 0 unspecified atom stereocenters. The summed E-state index contributed by atoms with van der Waals surface area (Å²) in [6, 6.07) is 28.0. The molecule has 39 heavy (non-hydrogen) atoms. The highest BCUT2D eigenvalue weighted by Gasteiger charge is 2.17. The van der Waals surface area contributed by atoms with Gasteiger partial charge in [0.1, 0.15) is 18.1 Å². The maximum atomic E-state index is 12.8. The molecule has 0 bridgehead atoms. The molecule has 0 aliphatic rings. The minimum Gasteiger partial charge on any atom is -0.508 e. The Morgan fingerprint density at radius 2 is 1.62 bits per heavy atom. The topological polar surface area (TPSA) is 55.8 Å². The Morgan fingerprint density at radius 1 is 0.846 bits per heavy atom. The Balaban J connectivity index is 1.58. The van der Waals surface area contributed by atoms with Gasteiger partial charge in [-0.25, -0.2) is 4.79 Å².